The monoisotopic (exact) mass is 331 g/mol. The highest BCUT2D eigenvalue weighted by molar-refractivity contribution is 5.41. The summed E-state index contributed by atoms with van der Waals surface area (Å²) in [5, 5.41) is 18.4. The van der Waals surface area contributed by atoms with Gasteiger partial charge in [0, 0.05) is 37.2 Å². The molecule has 1 heterocycles. The van der Waals surface area contributed by atoms with Crippen molar-refractivity contribution in [1.29, 1.82) is 5.26 Å². The molecule has 1 N–H and O–H groups in total. The van der Waals surface area contributed by atoms with Crippen LogP contribution >= 0.6 is 0 Å². The van der Waals surface area contributed by atoms with Gasteiger partial charge >= 0.3 is 0 Å². The molecule has 3 rings (SSSR count). The van der Waals surface area contributed by atoms with E-state index in [1.54, 1.807) is 0 Å². The van der Waals surface area contributed by atoms with Gasteiger partial charge in [0.1, 0.15) is 0 Å². The summed E-state index contributed by atoms with van der Waals surface area (Å²) in [6.45, 7) is 2.28. The van der Waals surface area contributed by atoms with E-state index in [9.17, 15) is 5.11 Å². The molecule has 0 radical (unpaired) electrons. The van der Waals surface area contributed by atoms with Crippen molar-refractivity contribution >= 4 is 0 Å². The lowest BCUT2D eigenvalue weighted by molar-refractivity contribution is 0.182. The van der Waals surface area contributed by atoms with Gasteiger partial charge in [-0.15, -0.1) is 0 Å². The molecule has 1 aromatic heterocycles. The van der Waals surface area contributed by atoms with E-state index >= 15 is 0 Å². The van der Waals surface area contributed by atoms with E-state index in [0.717, 1.165) is 24.5 Å². The molecule has 4 nitrogen and oxygen atoms in total. The summed E-state index contributed by atoms with van der Waals surface area (Å²) in [4.78, 5) is 2.23. The fourth-order valence-corrected chi connectivity index (χ4v) is 2.92. The van der Waals surface area contributed by atoms with E-state index in [-0.39, 0.29) is 6.61 Å². The van der Waals surface area contributed by atoms with Crippen LogP contribution in [0.2, 0.25) is 0 Å². The topological polar surface area (TPSA) is 52.2 Å². The summed E-state index contributed by atoms with van der Waals surface area (Å²) < 4.78 is 2.12. The molecule has 126 valence electrons. The van der Waals surface area contributed by atoms with Crippen molar-refractivity contribution in [3.8, 4) is 11.8 Å². The fraction of sp³-hybridized carbons (Fsp3) is 0.190. The molecule has 0 aliphatic rings. The molecule has 0 saturated carbocycles. The Kier molecular flexibility index (Phi) is 5.63. The second-order valence-electron chi connectivity index (χ2n) is 5.95. The Bertz CT molecular complexity index is 832. The maximum absolute atomic E-state index is 9.41. The van der Waals surface area contributed by atoms with Crippen LogP contribution in [0.15, 0.2) is 72.9 Å². The van der Waals surface area contributed by atoms with Crippen molar-refractivity contribution in [1.82, 2.24) is 9.47 Å². The van der Waals surface area contributed by atoms with Crippen LogP contribution in [0.1, 0.15) is 16.8 Å². The average Bonchev–Trinajstić information content (AvgIpc) is 3.11. The number of nitriles is 1. The molecule has 0 spiro atoms. The van der Waals surface area contributed by atoms with Crippen LogP contribution in [0.3, 0.4) is 0 Å². The van der Waals surface area contributed by atoms with Gasteiger partial charge in [0.15, 0.2) is 0 Å². The molecule has 0 unspecified atom stereocenters. The number of nitrogens with zero attached hydrogens (tertiary/aromatic N) is 3. The molecule has 0 amide bonds. The van der Waals surface area contributed by atoms with Crippen LogP contribution in [0.25, 0.3) is 5.69 Å². The van der Waals surface area contributed by atoms with Gasteiger partial charge in [0.25, 0.3) is 0 Å². The first-order valence-electron chi connectivity index (χ1n) is 8.34. The van der Waals surface area contributed by atoms with Crippen molar-refractivity contribution in [3.05, 3.63) is 89.7 Å². The van der Waals surface area contributed by atoms with Crippen LogP contribution in [0.4, 0.5) is 0 Å². The highest BCUT2D eigenvalue weighted by Crippen LogP contribution is 2.16. The zero-order valence-corrected chi connectivity index (χ0v) is 14.0. The molecule has 3 aromatic rings. The van der Waals surface area contributed by atoms with Crippen molar-refractivity contribution in [2.45, 2.75) is 13.1 Å². The smallest absolute Gasteiger partial charge is 0.0991 e. The summed E-state index contributed by atoms with van der Waals surface area (Å²) in [6, 6.07) is 24.1. The lowest BCUT2D eigenvalue weighted by Crippen LogP contribution is -2.27. The van der Waals surface area contributed by atoms with E-state index < -0.39 is 0 Å². The number of aliphatic hydroxyl groups excluding tert-OH is 1. The van der Waals surface area contributed by atoms with Crippen LogP contribution in [-0.2, 0) is 13.1 Å². The lowest BCUT2D eigenvalue weighted by Gasteiger charge is -2.22. The third kappa shape index (κ3) is 4.36. The maximum atomic E-state index is 9.41. The summed E-state index contributed by atoms with van der Waals surface area (Å²) >= 11 is 0. The highest BCUT2D eigenvalue weighted by atomic mass is 16.3. The highest BCUT2D eigenvalue weighted by Gasteiger charge is 2.10. The second kappa shape index (κ2) is 8.29. The standard InChI is InChI=1S/C21H21N3O/c22-15-18-8-10-20(11-9-18)24-12-4-7-21(24)17-23(13-14-25)16-19-5-2-1-3-6-19/h1-12,25H,13-14,16-17H2. The zero-order chi connectivity index (χ0) is 17.5. The molecular formula is C21H21N3O. The van der Waals surface area contributed by atoms with Gasteiger partial charge in [-0.1, -0.05) is 30.3 Å². The minimum absolute atomic E-state index is 0.129. The number of aromatic nitrogens is 1. The Balaban J connectivity index is 1.78. The Labute approximate surface area is 148 Å². The number of benzene rings is 2. The van der Waals surface area contributed by atoms with E-state index in [1.807, 2.05) is 54.7 Å². The van der Waals surface area contributed by atoms with Crippen LogP contribution < -0.4 is 0 Å². The minimum Gasteiger partial charge on any atom is -0.395 e. The van der Waals surface area contributed by atoms with Crippen LogP contribution in [0.5, 0.6) is 0 Å². The molecule has 0 aliphatic heterocycles. The molecule has 0 fully saturated rings. The van der Waals surface area contributed by atoms with Gasteiger partial charge in [0.2, 0.25) is 0 Å². The number of hydrogen-bond donors (Lipinski definition) is 1. The SMILES string of the molecule is N#Cc1ccc(-n2cccc2CN(CCO)Cc2ccccc2)cc1. The lowest BCUT2D eigenvalue weighted by atomic mass is 10.2. The maximum Gasteiger partial charge on any atom is 0.0991 e. The van der Waals surface area contributed by atoms with E-state index in [0.29, 0.717) is 12.1 Å². The number of aliphatic hydroxyl groups is 1. The number of hydrogen-bond acceptors (Lipinski definition) is 3. The molecule has 2 aromatic carbocycles. The van der Waals surface area contributed by atoms with Gasteiger partial charge in [-0.25, -0.2) is 0 Å². The summed E-state index contributed by atoms with van der Waals surface area (Å²) in [6.07, 6.45) is 2.02. The van der Waals surface area contributed by atoms with Gasteiger partial charge in [-0.3, -0.25) is 4.90 Å². The molecule has 0 atom stereocenters. The third-order valence-corrected chi connectivity index (χ3v) is 4.16. The van der Waals surface area contributed by atoms with E-state index in [1.165, 1.54) is 5.56 Å². The molecule has 4 heteroatoms. The average molecular weight is 331 g/mol. The largest absolute Gasteiger partial charge is 0.395 e. The van der Waals surface area contributed by atoms with Crippen molar-refractivity contribution in [3.63, 3.8) is 0 Å². The Morgan fingerprint density at radius 3 is 2.36 bits per heavy atom. The first-order chi connectivity index (χ1) is 12.3. The minimum atomic E-state index is 0.129. The zero-order valence-electron chi connectivity index (χ0n) is 14.0. The quantitative estimate of drug-likeness (QED) is 0.722. The number of rotatable bonds is 7. The fourth-order valence-electron chi connectivity index (χ4n) is 2.92. The van der Waals surface area contributed by atoms with Gasteiger partial charge in [0.05, 0.1) is 18.2 Å². The first kappa shape index (κ1) is 17.0. The summed E-state index contributed by atoms with van der Waals surface area (Å²) in [7, 11) is 0. The predicted octanol–water partition coefficient (Wildman–Crippen LogP) is 3.34. The first-order valence-corrected chi connectivity index (χ1v) is 8.34. The summed E-state index contributed by atoms with van der Waals surface area (Å²) in [5.74, 6) is 0. The van der Waals surface area contributed by atoms with Crippen molar-refractivity contribution in [2.75, 3.05) is 13.2 Å². The van der Waals surface area contributed by atoms with E-state index in [2.05, 4.69) is 33.7 Å². The Morgan fingerprint density at radius 2 is 1.68 bits per heavy atom. The van der Waals surface area contributed by atoms with Crippen molar-refractivity contribution in [2.24, 2.45) is 0 Å². The van der Waals surface area contributed by atoms with Gasteiger partial charge in [-0.05, 0) is 42.0 Å². The Morgan fingerprint density at radius 1 is 0.920 bits per heavy atom. The molecule has 0 aliphatic carbocycles. The molecule has 0 bridgehead atoms. The Hall–Kier alpha value is -2.87. The molecule has 25 heavy (non-hydrogen) atoms. The normalized spacial score (nSPS) is 10.8. The van der Waals surface area contributed by atoms with Crippen molar-refractivity contribution < 1.29 is 5.11 Å². The summed E-state index contributed by atoms with van der Waals surface area (Å²) in [5.41, 5.74) is 4.06. The van der Waals surface area contributed by atoms with Gasteiger partial charge < -0.3 is 9.67 Å². The van der Waals surface area contributed by atoms with Crippen LogP contribution in [0, 0.1) is 11.3 Å². The third-order valence-electron chi connectivity index (χ3n) is 4.16. The second-order valence-corrected chi connectivity index (χ2v) is 5.95. The van der Waals surface area contributed by atoms with Gasteiger partial charge in [-0.2, -0.15) is 5.26 Å². The predicted molar refractivity (Wildman–Crippen MR) is 98.1 cm³/mol. The molecule has 0 saturated heterocycles. The van der Waals surface area contributed by atoms with E-state index in [4.69, 9.17) is 5.26 Å². The molecular weight excluding hydrogens is 310 g/mol. The van der Waals surface area contributed by atoms with Crippen LogP contribution in [-0.4, -0.2) is 27.7 Å².